The van der Waals surface area contributed by atoms with Crippen LogP contribution in [0, 0.1) is 13.8 Å². The van der Waals surface area contributed by atoms with Gasteiger partial charge in [0.1, 0.15) is 0 Å². The normalized spacial score (nSPS) is 30.0. The van der Waals surface area contributed by atoms with Crippen LogP contribution in [-0.2, 0) is 0 Å². The molecule has 0 radical (unpaired) electrons. The van der Waals surface area contributed by atoms with E-state index in [2.05, 4.69) is 35.4 Å². The summed E-state index contributed by atoms with van der Waals surface area (Å²) in [6, 6.07) is 8.67. The van der Waals surface area contributed by atoms with Crippen LogP contribution in [0.25, 0.3) is 0 Å². The van der Waals surface area contributed by atoms with Crippen LogP contribution in [0.3, 0.4) is 0 Å². The Morgan fingerprint density at radius 2 is 1.58 bits per heavy atom. The Balaban J connectivity index is 1.36. The van der Waals surface area contributed by atoms with Gasteiger partial charge in [-0.15, -0.1) is 0 Å². The second-order valence-corrected chi connectivity index (χ2v) is 8.06. The predicted octanol–water partition coefficient (Wildman–Crippen LogP) is 3.97. The Bertz CT molecular complexity index is 591. The number of piperidine rings is 2. The second kappa shape index (κ2) is 6.40. The van der Waals surface area contributed by atoms with Crippen LogP contribution in [0.2, 0.25) is 0 Å². The zero-order valence-corrected chi connectivity index (χ0v) is 14.8. The minimum Gasteiger partial charge on any atom is -0.335 e. The first kappa shape index (κ1) is 15.9. The molecule has 4 heteroatoms. The van der Waals surface area contributed by atoms with Crippen molar-refractivity contribution in [2.24, 2.45) is 0 Å². The Labute approximate surface area is 145 Å². The predicted molar refractivity (Wildman–Crippen MR) is 97.4 cm³/mol. The fraction of sp³-hybridized carbons (Fsp3) is 0.650. The average Bonchev–Trinajstić information content (AvgIpc) is 3.29. The molecule has 0 aromatic heterocycles. The molecule has 24 heavy (non-hydrogen) atoms. The van der Waals surface area contributed by atoms with Gasteiger partial charge >= 0.3 is 6.03 Å². The number of hydrogen-bond donors (Lipinski definition) is 2. The summed E-state index contributed by atoms with van der Waals surface area (Å²) in [5.74, 6) is 0. The van der Waals surface area contributed by atoms with E-state index >= 15 is 0 Å². The highest BCUT2D eigenvalue weighted by Crippen LogP contribution is 2.41. The van der Waals surface area contributed by atoms with Gasteiger partial charge < -0.3 is 10.6 Å². The van der Waals surface area contributed by atoms with E-state index in [0.717, 1.165) is 24.6 Å². The number of fused-ring (bicyclic) bond motifs is 2. The summed E-state index contributed by atoms with van der Waals surface area (Å²) in [7, 11) is 0. The lowest BCUT2D eigenvalue weighted by molar-refractivity contribution is 0.0198. The van der Waals surface area contributed by atoms with Gasteiger partial charge in [-0.3, -0.25) is 4.90 Å². The van der Waals surface area contributed by atoms with Crippen molar-refractivity contribution in [1.29, 1.82) is 0 Å². The van der Waals surface area contributed by atoms with Gasteiger partial charge in [0.15, 0.2) is 0 Å². The van der Waals surface area contributed by atoms with Gasteiger partial charge in [0.2, 0.25) is 0 Å². The van der Waals surface area contributed by atoms with E-state index in [1.54, 1.807) is 0 Å². The molecule has 4 nitrogen and oxygen atoms in total. The number of carbonyl (C=O) groups excluding carboxylic acids is 1. The molecule has 1 aromatic carbocycles. The number of aryl methyl sites for hydroxylation is 2. The van der Waals surface area contributed by atoms with Crippen molar-refractivity contribution in [3.05, 3.63) is 29.3 Å². The maximum Gasteiger partial charge on any atom is 0.319 e. The largest absolute Gasteiger partial charge is 0.335 e. The summed E-state index contributed by atoms with van der Waals surface area (Å²) in [6.07, 6.45) is 8.99. The lowest BCUT2D eigenvalue weighted by atomic mass is 9.81. The topological polar surface area (TPSA) is 44.4 Å². The minimum atomic E-state index is -0.0528. The quantitative estimate of drug-likeness (QED) is 0.882. The lowest BCUT2D eigenvalue weighted by Crippen LogP contribution is -2.58. The Kier molecular flexibility index (Phi) is 4.25. The molecule has 0 spiro atoms. The van der Waals surface area contributed by atoms with E-state index in [-0.39, 0.29) is 6.03 Å². The molecule has 2 bridgehead atoms. The molecule has 3 aliphatic rings. The molecule has 2 saturated heterocycles. The van der Waals surface area contributed by atoms with Crippen LogP contribution < -0.4 is 10.6 Å². The van der Waals surface area contributed by atoms with Gasteiger partial charge in [-0.2, -0.15) is 0 Å². The molecule has 3 atom stereocenters. The zero-order chi connectivity index (χ0) is 16.7. The molecule has 2 amide bonds. The van der Waals surface area contributed by atoms with Gasteiger partial charge in [-0.1, -0.05) is 12.5 Å². The fourth-order valence-corrected chi connectivity index (χ4v) is 4.90. The molecule has 2 N–H and O–H groups in total. The van der Waals surface area contributed by atoms with Crippen molar-refractivity contribution in [1.82, 2.24) is 10.2 Å². The molecule has 1 aromatic rings. The molecule has 3 fully saturated rings. The SMILES string of the molecule is Cc1cc(C)cc(NC(=O)NC2C[C@H]3CCC[C@@H](C2)N3C2CC2)c1. The number of carbonyl (C=O) groups is 1. The highest BCUT2D eigenvalue weighted by atomic mass is 16.2. The number of anilines is 1. The number of urea groups is 1. The number of amides is 2. The first-order valence-electron chi connectivity index (χ1n) is 9.52. The maximum absolute atomic E-state index is 12.4. The zero-order valence-electron chi connectivity index (χ0n) is 14.8. The molecule has 1 unspecified atom stereocenters. The first-order valence-corrected chi connectivity index (χ1v) is 9.52. The molecule has 1 saturated carbocycles. The van der Waals surface area contributed by atoms with Crippen LogP contribution in [0.5, 0.6) is 0 Å². The van der Waals surface area contributed by atoms with Gasteiger partial charge in [0, 0.05) is 29.9 Å². The van der Waals surface area contributed by atoms with Gasteiger partial charge in [-0.05, 0) is 75.6 Å². The Morgan fingerprint density at radius 1 is 0.958 bits per heavy atom. The molecule has 2 heterocycles. The van der Waals surface area contributed by atoms with E-state index in [9.17, 15) is 4.79 Å². The molecular weight excluding hydrogens is 298 g/mol. The lowest BCUT2D eigenvalue weighted by Gasteiger charge is -2.49. The maximum atomic E-state index is 12.4. The van der Waals surface area contributed by atoms with Crippen LogP contribution in [-0.4, -0.2) is 35.1 Å². The summed E-state index contributed by atoms with van der Waals surface area (Å²) >= 11 is 0. The Hall–Kier alpha value is -1.55. The molecule has 4 rings (SSSR count). The minimum absolute atomic E-state index is 0.0528. The van der Waals surface area contributed by atoms with Gasteiger partial charge in [-0.25, -0.2) is 4.79 Å². The van der Waals surface area contributed by atoms with E-state index in [1.165, 1.54) is 43.2 Å². The number of benzene rings is 1. The summed E-state index contributed by atoms with van der Waals surface area (Å²) in [6.45, 7) is 4.12. The smallest absolute Gasteiger partial charge is 0.319 e. The molecular formula is C20H29N3O. The summed E-state index contributed by atoms with van der Waals surface area (Å²) < 4.78 is 0. The van der Waals surface area contributed by atoms with Crippen molar-refractivity contribution in [3.8, 4) is 0 Å². The number of nitrogens with zero attached hydrogens (tertiary/aromatic N) is 1. The summed E-state index contributed by atoms with van der Waals surface area (Å²) in [5.41, 5.74) is 3.25. The molecule has 130 valence electrons. The van der Waals surface area contributed by atoms with Crippen molar-refractivity contribution < 1.29 is 4.79 Å². The van der Waals surface area contributed by atoms with Crippen LogP contribution in [0.1, 0.15) is 56.1 Å². The van der Waals surface area contributed by atoms with E-state index in [1.807, 2.05) is 12.1 Å². The van der Waals surface area contributed by atoms with Gasteiger partial charge in [0.05, 0.1) is 0 Å². The Morgan fingerprint density at radius 3 is 2.17 bits per heavy atom. The highest BCUT2D eigenvalue weighted by molar-refractivity contribution is 5.89. The highest BCUT2D eigenvalue weighted by Gasteiger charge is 2.45. The van der Waals surface area contributed by atoms with E-state index < -0.39 is 0 Å². The molecule has 1 aliphatic carbocycles. The van der Waals surface area contributed by atoms with Crippen LogP contribution in [0.15, 0.2) is 18.2 Å². The summed E-state index contributed by atoms with van der Waals surface area (Å²) in [4.78, 5) is 15.2. The van der Waals surface area contributed by atoms with E-state index in [0.29, 0.717) is 18.1 Å². The first-order chi connectivity index (χ1) is 11.6. The van der Waals surface area contributed by atoms with Crippen molar-refractivity contribution in [3.63, 3.8) is 0 Å². The van der Waals surface area contributed by atoms with E-state index in [4.69, 9.17) is 0 Å². The number of nitrogens with one attached hydrogen (secondary N) is 2. The van der Waals surface area contributed by atoms with Gasteiger partial charge in [0.25, 0.3) is 0 Å². The van der Waals surface area contributed by atoms with Crippen molar-refractivity contribution in [2.45, 2.75) is 83.0 Å². The summed E-state index contributed by atoms with van der Waals surface area (Å²) in [5, 5.41) is 6.26. The third-order valence-corrected chi connectivity index (χ3v) is 5.81. The average molecular weight is 327 g/mol. The fourth-order valence-electron chi connectivity index (χ4n) is 4.90. The standard InChI is InChI=1S/C20H29N3O/c1-13-8-14(2)10-15(9-13)21-20(24)22-16-11-18-4-3-5-19(12-16)23(18)17-6-7-17/h8-10,16-19H,3-7,11-12H2,1-2H3,(H2,21,22,24)/t16?,18-,19+. The van der Waals surface area contributed by atoms with Crippen molar-refractivity contribution >= 4 is 11.7 Å². The molecule has 2 aliphatic heterocycles. The van der Waals surface area contributed by atoms with Crippen LogP contribution >= 0.6 is 0 Å². The number of rotatable bonds is 3. The number of hydrogen-bond acceptors (Lipinski definition) is 2. The monoisotopic (exact) mass is 327 g/mol. The van der Waals surface area contributed by atoms with Crippen LogP contribution in [0.4, 0.5) is 10.5 Å². The third kappa shape index (κ3) is 3.44. The van der Waals surface area contributed by atoms with Crippen molar-refractivity contribution in [2.75, 3.05) is 5.32 Å². The third-order valence-electron chi connectivity index (χ3n) is 5.81. The second-order valence-electron chi connectivity index (χ2n) is 8.06.